The van der Waals surface area contributed by atoms with E-state index in [1.165, 1.54) is 0 Å². The summed E-state index contributed by atoms with van der Waals surface area (Å²) in [6.45, 7) is 6.24. The van der Waals surface area contributed by atoms with Gasteiger partial charge in [0.05, 0.1) is 12.2 Å². The van der Waals surface area contributed by atoms with E-state index >= 15 is 0 Å². The Labute approximate surface area is 160 Å². The minimum absolute atomic E-state index is 0.0285. The molecule has 0 aliphatic carbocycles. The maximum Gasteiger partial charge on any atom is 0.251 e. The maximum atomic E-state index is 13.4. The molecule has 0 fully saturated rings. The van der Waals surface area contributed by atoms with E-state index in [-0.39, 0.29) is 5.91 Å². The van der Waals surface area contributed by atoms with Crippen LogP contribution in [-0.4, -0.2) is 15.7 Å². The lowest BCUT2D eigenvalue weighted by Gasteiger charge is -2.27. The SMILES string of the molecule is C#Cc1cccc(N(Cc2ccccc2)C(=O)C(C)n2nc(C)cc2C)c1. The number of aryl methyl sites for hydroxylation is 2. The molecule has 0 aliphatic heterocycles. The van der Waals surface area contributed by atoms with Gasteiger partial charge in [0.2, 0.25) is 0 Å². The highest BCUT2D eigenvalue weighted by Crippen LogP contribution is 2.23. The zero-order valence-electron chi connectivity index (χ0n) is 15.9. The van der Waals surface area contributed by atoms with E-state index in [4.69, 9.17) is 6.42 Å². The van der Waals surface area contributed by atoms with E-state index in [1.54, 1.807) is 9.58 Å². The van der Waals surface area contributed by atoms with Crippen molar-refractivity contribution in [3.8, 4) is 12.3 Å². The average molecular weight is 357 g/mol. The first-order valence-corrected chi connectivity index (χ1v) is 8.94. The Morgan fingerprint density at radius 1 is 1.15 bits per heavy atom. The van der Waals surface area contributed by atoms with Crippen LogP contribution in [0.15, 0.2) is 60.7 Å². The summed E-state index contributed by atoms with van der Waals surface area (Å²) in [7, 11) is 0. The van der Waals surface area contributed by atoms with Crippen LogP contribution in [0.4, 0.5) is 5.69 Å². The van der Waals surface area contributed by atoms with Gasteiger partial charge in [-0.1, -0.05) is 42.3 Å². The van der Waals surface area contributed by atoms with Crippen molar-refractivity contribution in [3.63, 3.8) is 0 Å². The van der Waals surface area contributed by atoms with Crippen LogP contribution in [0.5, 0.6) is 0 Å². The van der Waals surface area contributed by atoms with E-state index in [0.717, 1.165) is 28.2 Å². The van der Waals surface area contributed by atoms with Crippen molar-refractivity contribution in [2.75, 3.05) is 4.90 Å². The number of terminal acetylenes is 1. The molecule has 4 heteroatoms. The molecule has 1 aromatic heterocycles. The van der Waals surface area contributed by atoms with Crippen molar-refractivity contribution in [2.45, 2.75) is 33.4 Å². The summed E-state index contributed by atoms with van der Waals surface area (Å²) in [5.41, 5.74) is 4.45. The molecular weight excluding hydrogens is 334 g/mol. The fraction of sp³-hybridized carbons (Fsp3) is 0.217. The normalized spacial score (nSPS) is 11.6. The number of nitrogens with zero attached hydrogens (tertiary/aromatic N) is 3. The molecule has 3 rings (SSSR count). The Morgan fingerprint density at radius 2 is 1.89 bits per heavy atom. The van der Waals surface area contributed by atoms with E-state index < -0.39 is 6.04 Å². The molecule has 3 aromatic rings. The van der Waals surface area contributed by atoms with Crippen LogP contribution < -0.4 is 4.90 Å². The smallest absolute Gasteiger partial charge is 0.251 e. The van der Waals surface area contributed by atoms with Gasteiger partial charge < -0.3 is 4.90 Å². The molecule has 4 nitrogen and oxygen atoms in total. The lowest BCUT2D eigenvalue weighted by Crippen LogP contribution is -2.36. The highest BCUT2D eigenvalue weighted by atomic mass is 16.2. The number of aromatic nitrogens is 2. The third-order valence-electron chi connectivity index (χ3n) is 4.54. The molecule has 0 saturated heterocycles. The van der Waals surface area contributed by atoms with Crippen LogP contribution in [0.25, 0.3) is 0 Å². The van der Waals surface area contributed by atoms with Crippen LogP contribution in [0, 0.1) is 26.2 Å². The monoisotopic (exact) mass is 357 g/mol. The summed E-state index contributed by atoms with van der Waals surface area (Å²) in [5.74, 6) is 2.61. The van der Waals surface area contributed by atoms with Gasteiger partial charge in [-0.25, -0.2) is 0 Å². The predicted molar refractivity (Wildman–Crippen MR) is 108 cm³/mol. The maximum absolute atomic E-state index is 13.4. The second-order valence-electron chi connectivity index (χ2n) is 6.65. The first kappa shape index (κ1) is 18.5. The van der Waals surface area contributed by atoms with Gasteiger partial charge in [-0.05, 0) is 50.6 Å². The van der Waals surface area contributed by atoms with Gasteiger partial charge >= 0.3 is 0 Å². The van der Waals surface area contributed by atoms with Crippen molar-refractivity contribution in [2.24, 2.45) is 0 Å². The molecule has 1 unspecified atom stereocenters. The van der Waals surface area contributed by atoms with Gasteiger partial charge in [0, 0.05) is 16.9 Å². The first-order valence-electron chi connectivity index (χ1n) is 8.94. The Hall–Kier alpha value is -3.32. The standard InChI is InChI=1S/C23H23N3O/c1-5-20-12-9-13-22(15-20)25(16-21-10-7-6-8-11-21)23(27)19(4)26-18(3)14-17(2)24-26/h1,6-15,19H,16H2,2-4H3. The number of amides is 1. The largest absolute Gasteiger partial charge is 0.306 e. The number of hydrogen-bond donors (Lipinski definition) is 0. The fourth-order valence-electron chi connectivity index (χ4n) is 3.19. The molecule has 0 radical (unpaired) electrons. The van der Waals surface area contributed by atoms with Crippen LogP contribution in [-0.2, 0) is 11.3 Å². The summed E-state index contributed by atoms with van der Waals surface area (Å²) in [4.78, 5) is 15.2. The first-order chi connectivity index (χ1) is 13.0. The van der Waals surface area contributed by atoms with E-state index in [0.29, 0.717) is 6.54 Å². The van der Waals surface area contributed by atoms with Gasteiger partial charge in [-0.15, -0.1) is 6.42 Å². The van der Waals surface area contributed by atoms with Crippen molar-refractivity contribution >= 4 is 11.6 Å². The van der Waals surface area contributed by atoms with Crippen LogP contribution in [0.3, 0.4) is 0 Å². The average Bonchev–Trinajstić information content (AvgIpc) is 3.03. The lowest BCUT2D eigenvalue weighted by atomic mass is 10.1. The number of benzene rings is 2. The van der Waals surface area contributed by atoms with Crippen LogP contribution >= 0.6 is 0 Å². The van der Waals surface area contributed by atoms with E-state index in [2.05, 4.69) is 11.0 Å². The molecule has 0 aliphatic rings. The van der Waals surface area contributed by atoms with Crippen molar-refractivity contribution in [1.29, 1.82) is 0 Å². The van der Waals surface area contributed by atoms with Gasteiger partial charge in [-0.3, -0.25) is 9.48 Å². The molecule has 1 heterocycles. The summed E-state index contributed by atoms with van der Waals surface area (Å²) in [5, 5.41) is 4.48. The zero-order valence-corrected chi connectivity index (χ0v) is 15.9. The Morgan fingerprint density at radius 3 is 2.52 bits per heavy atom. The number of anilines is 1. The van der Waals surface area contributed by atoms with Gasteiger partial charge in [0.25, 0.3) is 5.91 Å². The van der Waals surface area contributed by atoms with Crippen LogP contribution in [0.2, 0.25) is 0 Å². The molecule has 0 bridgehead atoms. The Balaban J connectivity index is 1.99. The van der Waals surface area contributed by atoms with E-state index in [9.17, 15) is 4.79 Å². The quantitative estimate of drug-likeness (QED) is 0.640. The minimum atomic E-state index is -0.420. The summed E-state index contributed by atoms with van der Waals surface area (Å²) in [6, 6.07) is 19.0. The second kappa shape index (κ2) is 7.92. The van der Waals surface area contributed by atoms with Gasteiger partial charge in [0.1, 0.15) is 6.04 Å². The Kier molecular flexibility index (Phi) is 5.42. The van der Waals surface area contributed by atoms with Gasteiger partial charge in [-0.2, -0.15) is 5.10 Å². The molecule has 136 valence electrons. The summed E-state index contributed by atoms with van der Waals surface area (Å²) >= 11 is 0. The second-order valence-corrected chi connectivity index (χ2v) is 6.65. The lowest BCUT2D eigenvalue weighted by molar-refractivity contribution is -0.121. The molecule has 27 heavy (non-hydrogen) atoms. The fourth-order valence-corrected chi connectivity index (χ4v) is 3.19. The van der Waals surface area contributed by atoms with Crippen molar-refractivity contribution in [3.05, 3.63) is 83.2 Å². The summed E-state index contributed by atoms with van der Waals surface area (Å²) < 4.78 is 1.78. The molecule has 1 amide bonds. The predicted octanol–water partition coefficient (Wildman–Crippen LogP) is 4.28. The number of carbonyl (C=O) groups is 1. The number of hydrogen-bond acceptors (Lipinski definition) is 2. The zero-order chi connectivity index (χ0) is 19.4. The number of rotatable bonds is 5. The van der Waals surface area contributed by atoms with Crippen LogP contribution in [0.1, 0.15) is 35.5 Å². The molecular formula is C23H23N3O. The minimum Gasteiger partial charge on any atom is -0.306 e. The molecule has 0 N–H and O–H groups in total. The third-order valence-corrected chi connectivity index (χ3v) is 4.54. The van der Waals surface area contributed by atoms with E-state index in [1.807, 2.05) is 81.4 Å². The topological polar surface area (TPSA) is 38.1 Å². The molecule has 1 atom stereocenters. The van der Waals surface area contributed by atoms with Crippen molar-refractivity contribution in [1.82, 2.24) is 9.78 Å². The van der Waals surface area contributed by atoms with Crippen molar-refractivity contribution < 1.29 is 4.79 Å². The summed E-state index contributed by atoms with van der Waals surface area (Å²) in [6.07, 6.45) is 5.55. The Bertz CT molecular complexity index is 982. The number of carbonyl (C=O) groups excluding carboxylic acids is 1. The molecule has 2 aromatic carbocycles. The molecule has 0 spiro atoms. The third kappa shape index (κ3) is 4.09. The highest BCUT2D eigenvalue weighted by Gasteiger charge is 2.25. The molecule has 0 saturated carbocycles. The van der Waals surface area contributed by atoms with Gasteiger partial charge in [0.15, 0.2) is 0 Å². The highest BCUT2D eigenvalue weighted by molar-refractivity contribution is 5.96.